The zero-order valence-corrected chi connectivity index (χ0v) is 13.9. The Balaban J connectivity index is 2.52. The van der Waals surface area contributed by atoms with E-state index in [1.165, 1.54) is 25.0 Å². The van der Waals surface area contributed by atoms with Gasteiger partial charge in [-0.25, -0.2) is 9.97 Å². The highest BCUT2D eigenvalue weighted by Gasteiger charge is 2.11. The van der Waals surface area contributed by atoms with Gasteiger partial charge in [0.2, 0.25) is 0 Å². The van der Waals surface area contributed by atoms with Gasteiger partial charge in [-0.2, -0.15) is 11.8 Å². The van der Waals surface area contributed by atoms with Crippen molar-refractivity contribution in [1.82, 2.24) is 9.97 Å². The average Bonchev–Trinajstić information content (AvgIpc) is 2.37. The molecule has 3 nitrogen and oxygen atoms in total. The molecule has 0 aliphatic heterocycles. The van der Waals surface area contributed by atoms with Crippen LogP contribution >= 0.6 is 23.4 Å². The molecule has 1 aromatic heterocycles. The number of rotatable bonds is 8. The first-order chi connectivity index (χ1) is 9.06. The molecule has 1 N–H and O–H groups in total. The lowest BCUT2D eigenvalue weighted by Crippen LogP contribution is -2.09. The van der Waals surface area contributed by atoms with Gasteiger partial charge in [0.05, 0.1) is 0 Å². The Morgan fingerprint density at radius 1 is 1.21 bits per heavy atom. The maximum Gasteiger partial charge on any atom is 0.137 e. The van der Waals surface area contributed by atoms with Gasteiger partial charge in [-0.1, -0.05) is 31.9 Å². The number of nitrogens with zero attached hydrogens (tertiary/aromatic N) is 2. The summed E-state index contributed by atoms with van der Waals surface area (Å²) in [6, 6.07) is 0. The van der Waals surface area contributed by atoms with Crippen LogP contribution in [0.15, 0.2) is 0 Å². The standard InChI is InChI=1S/C14H24ClN3S/c1-10(2)13-17-12(15)11(3)14(18-13)16-8-6-5-7-9-19-4/h10H,5-9H2,1-4H3,(H,16,17,18). The lowest BCUT2D eigenvalue weighted by Gasteiger charge is -2.12. The summed E-state index contributed by atoms with van der Waals surface area (Å²) in [6.07, 6.45) is 5.85. The van der Waals surface area contributed by atoms with Crippen molar-refractivity contribution in [3.8, 4) is 0 Å². The second-order valence-electron chi connectivity index (χ2n) is 4.98. The molecule has 0 saturated carbocycles. The van der Waals surface area contributed by atoms with E-state index in [0.717, 1.165) is 23.8 Å². The third-order valence-corrected chi connectivity index (χ3v) is 4.00. The zero-order valence-electron chi connectivity index (χ0n) is 12.3. The zero-order chi connectivity index (χ0) is 14.3. The highest BCUT2D eigenvalue weighted by atomic mass is 35.5. The summed E-state index contributed by atoms with van der Waals surface area (Å²) >= 11 is 8.06. The van der Waals surface area contributed by atoms with E-state index in [4.69, 9.17) is 11.6 Å². The number of aromatic nitrogens is 2. The number of halogens is 1. The Bertz CT molecular complexity index is 397. The smallest absolute Gasteiger partial charge is 0.137 e. The van der Waals surface area contributed by atoms with Crippen molar-refractivity contribution < 1.29 is 0 Å². The van der Waals surface area contributed by atoms with Crippen molar-refractivity contribution in [2.24, 2.45) is 0 Å². The molecule has 0 saturated heterocycles. The molecule has 0 atom stereocenters. The highest BCUT2D eigenvalue weighted by Crippen LogP contribution is 2.22. The SMILES string of the molecule is CSCCCCCNc1nc(C(C)C)nc(Cl)c1C. The van der Waals surface area contributed by atoms with Crippen LogP contribution < -0.4 is 5.32 Å². The molecule has 0 aliphatic carbocycles. The lowest BCUT2D eigenvalue weighted by molar-refractivity contribution is 0.740. The molecule has 108 valence electrons. The van der Waals surface area contributed by atoms with E-state index in [9.17, 15) is 0 Å². The van der Waals surface area contributed by atoms with Crippen LogP contribution in [0.5, 0.6) is 0 Å². The fourth-order valence-corrected chi connectivity index (χ4v) is 2.36. The van der Waals surface area contributed by atoms with Gasteiger partial charge in [-0.05, 0) is 31.8 Å². The predicted molar refractivity (Wildman–Crippen MR) is 86.6 cm³/mol. The van der Waals surface area contributed by atoms with E-state index >= 15 is 0 Å². The number of nitrogens with one attached hydrogen (secondary N) is 1. The minimum absolute atomic E-state index is 0.292. The van der Waals surface area contributed by atoms with Crippen molar-refractivity contribution in [1.29, 1.82) is 0 Å². The third-order valence-electron chi connectivity index (χ3n) is 2.94. The fourth-order valence-electron chi connectivity index (χ4n) is 1.69. The summed E-state index contributed by atoms with van der Waals surface area (Å²) in [6.45, 7) is 7.06. The van der Waals surface area contributed by atoms with E-state index in [1.807, 2.05) is 18.7 Å². The predicted octanol–water partition coefficient (Wildman–Crippen LogP) is 4.51. The molecule has 5 heteroatoms. The molecule has 0 spiro atoms. The Morgan fingerprint density at radius 2 is 1.95 bits per heavy atom. The lowest BCUT2D eigenvalue weighted by atomic mass is 10.2. The number of unbranched alkanes of at least 4 members (excludes halogenated alkanes) is 2. The molecule has 1 rings (SSSR count). The normalized spacial score (nSPS) is 11.1. The summed E-state index contributed by atoms with van der Waals surface area (Å²) in [5.41, 5.74) is 0.940. The van der Waals surface area contributed by atoms with Crippen LogP contribution in [-0.2, 0) is 0 Å². The Labute approximate surface area is 125 Å². The van der Waals surface area contributed by atoms with Gasteiger partial charge in [-0.15, -0.1) is 0 Å². The molecule has 0 fully saturated rings. The van der Waals surface area contributed by atoms with Gasteiger partial charge < -0.3 is 5.32 Å². The maximum atomic E-state index is 6.15. The molecule has 19 heavy (non-hydrogen) atoms. The summed E-state index contributed by atoms with van der Waals surface area (Å²) in [5, 5.41) is 3.94. The summed E-state index contributed by atoms with van der Waals surface area (Å²) < 4.78 is 0. The minimum Gasteiger partial charge on any atom is -0.370 e. The molecular formula is C14H24ClN3S. The van der Waals surface area contributed by atoms with Crippen molar-refractivity contribution in [2.75, 3.05) is 23.9 Å². The van der Waals surface area contributed by atoms with Gasteiger partial charge in [0.25, 0.3) is 0 Å². The first-order valence-electron chi connectivity index (χ1n) is 6.83. The van der Waals surface area contributed by atoms with E-state index in [0.29, 0.717) is 11.1 Å². The Kier molecular flexibility index (Phi) is 7.54. The van der Waals surface area contributed by atoms with Crippen molar-refractivity contribution in [3.05, 3.63) is 16.5 Å². The van der Waals surface area contributed by atoms with Crippen LogP contribution in [0.3, 0.4) is 0 Å². The van der Waals surface area contributed by atoms with Crippen LogP contribution in [0.2, 0.25) is 5.15 Å². The fraction of sp³-hybridized carbons (Fsp3) is 0.714. The maximum absolute atomic E-state index is 6.15. The number of thioether (sulfide) groups is 1. The second kappa shape index (κ2) is 8.64. The van der Waals surface area contributed by atoms with Crippen LogP contribution in [0.1, 0.15) is 50.4 Å². The summed E-state index contributed by atoms with van der Waals surface area (Å²) in [5.74, 6) is 3.23. The topological polar surface area (TPSA) is 37.8 Å². The summed E-state index contributed by atoms with van der Waals surface area (Å²) in [4.78, 5) is 8.87. The van der Waals surface area contributed by atoms with E-state index in [1.54, 1.807) is 0 Å². The second-order valence-corrected chi connectivity index (χ2v) is 6.32. The van der Waals surface area contributed by atoms with Crippen LogP contribution in [0.4, 0.5) is 5.82 Å². The molecular weight excluding hydrogens is 278 g/mol. The first-order valence-corrected chi connectivity index (χ1v) is 8.60. The van der Waals surface area contributed by atoms with Gasteiger partial charge in [-0.3, -0.25) is 0 Å². The number of hydrogen-bond donors (Lipinski definition) is 1. The van der Waals surface area contributed by atoms with E-state index in [2.05, 4.69) is 35.4 Å². The minimum atomic E-state index is 0.292. The molecule has 1 aromatic rings. The molecule has 0 aliphatic rings. The largest absolute Gasteiger partial charge is 0.370 e. The van der Waals surface area contributed by atoms with Crippen molar-refractivity contribution in [2.45, 2.75) is 46.0 Å². The molecule has 0 unspecified atom stereocenters. The molecule has 1 heterocycles. The van der Waals surface area contributed by atoms with Crippen molar-refractivity contribution in [3.63, 3.8) is 0 Å². The molecule has 0 bridgehead atoms. The van der Waals surface area contributed by atoms with Crippen LogP contribution in [-0.4, -0.2) is 28.5 Å². The average molecular weight is 302 g/mol. The van der Waals surface area contributed by atoms with Gasteiger partial charge in [0.15, 0.2) is 0 Å². The van der Waals surface area contributed by atoms with Gasteiger partial charge in [0.1, 0.15) is 16.8 Å². The monoisotopic (exact) mass is 301 g/mol. The number of hydrogen-bond acceptors (Lipinski definition) is 4. The van der Waals surface area contributed by atoms with Crippen LogP contribution in [0, 0.1) is 6.92 Å². The first kappa shape index (κ1) is 16.6. The Morgan fingerprint density at radius 3 is 2.58 bits per heavy atom. The summed E-state index contributed by atoms with van der Waals surface area (Å²) in [7, 11) is 0. The van der Waals surface area contributed by atoms with Gasteiger partial charge in [0, 0.05) is 18.0 Å². The van der Waals surface area contributed by atoms with Crippen LogP contribution in [0.25, 0.3) is 0 Å². The Hall–Kier alpha value is -0.480. The molecule has 0 aromatic carbocycles. The molecule has 0 amide bonds. The highest BCUT2D eigenvalue weighted by molar-refractivity contribution is 7.98. The molecule has 0 radical (unpaired) electrons. The number of anilines is 1. The quantitative estimate of drug-likeness (QED) is 0.566. The van der Waals surface area contributed by atoms with E-state index in [-0.39, 0.29) is 0 Å². The third kappa shape index (κ3) is 5.57. The van der Waals surface area contributed by atoms with Gasteiger partial charge >= 0.3 is 0 Å². The van der Waals surface area contributed by atoms with E-state index < -0.39 is 0 Å². The van der Waals surface area contributed by atoms with Crippen molar-refractivity contribution >= 4 is 29.2 Å².